The fourth-order valence-electron chi connectivity index (χ4n) is 0.896. The molecule has 1 aromatic rings. The Bertz CT molecular complexity index is 361. The van der Waals surface area contributed by atoms with Gasteiger partial charge < -0.3 is 14.6 Å². The highest BCUT2D eigenvalue weighted by Crippen LogP contribution is 1.94. The molecule has 0 bridgehead atoms. The number of nitrogens with zero attached hydrogens (tertiary/aromatic N) is 2. The van der Waals surface area contributed by atoms with Gasteiger partial charge in [-0.25, -0.2) is 4.79 Å². The van der Waals surface area contributed by atoms with Crippen molar-refractivity contribution in [3.8, 4) is 0 Å². The quantitative estimate of drug-likeness (QED) is 0.522. The third-order valence-electron chi connectivity index (χ3n) is 1.57. The lowest BCUT2D eigenvalue weighted by Crippen LogP contribution is -2.33. The molecule has 0 aromatic carbocycles. The molecule has 15 heavy (non-hydrogen) atoms. The Kier molecular flexibility index (Phi) is 3.78. The van der Waals surface area contributed by atoms with Gasteiger partial charge in [-0.3, -0.25) is 4.79 Å². The topological polar surface area (TPSA) is 94.3 Å². The van der Waals surface area contributed by atoms with Gasteiger partial charge in [-0.1, -0.05) is 5.16 Å². The average molecular weight is 213 g/mol. The molecule has 0 unspecified atom stereocenters. The summed E-state index contributed by atoms with van der Waals surface area (Å²) >= 11 is 0. The number of hydrogen-bond acceptors (Lipinski definition) is 6. The van der Waals surface area contributed by atoms with Crippen LogP contribution in [-0.4, -0.2) is 35.7 Å². The van der Waals surface area contributed by atoms with Crippen LogP contribution in [0.1, 0.15) is 11.7 Å². The number of aromatic nitrogens is 2. The first-order valence-electron chi connectivity index (χ1n) is 4.29. The van der Waals surface area contributed by atoms with Crippen LogP contribution in [0.5, 0.6) is 0 Å². The van der Waals surface area contributed by atoms with Gasteiger partial charge in [-0.2, -0.15) is 4.98 Å². The number of esters is 1. The van der Waals surface area contributed by atoms with Crippen LogP contribution in [0.25, 0.3) is 0 Å². The summed E-state index contributed by atoms with van der Waals surface area (Å²) in [5, 5.41) is 5.98. The molecular weight excluding hydrogens is 202 g/mol. The van der Waals surface area contributed by atoms with Crippen LogP contribution in [0.2, 0.25) is 0 Å². The molecule has 0 atom stereocenters. The monoisotopic (exact) mass is 213 g/mol. The fourth-order valence-corrected chi connectivity index (χ4v) is 0.896. The predicted octanol–water partition coefficient (Wildman–Crippen LogP) is -0.790. The van der Waals surface area contributed by atoms with Crippen molar-refractivity contribution in [2.75, 3.05) is 13.7 Å². The highest BCUT2D eigenvalue weighted by molar-refractivity contribution is 6.32. The van der Waals surface area contributed by atoms with Crippen molar-refractivity contribution in [2.45, 2.75) is 13.3 Å². The number of ether oxygens (including phenoxy) is 1. The van der Waals surface area contributed by atoms with Gasteiger partial charge >= 0.3 is 11.9 Å². The molecule has 1 rings (SSSR count). The molecule has 82 valence electrons. The molecule has 0 aliphatic heterocycles. The van der Waals surface area contributed by atoms with Crippen molar-refractivity contribution in [3.05, 3.63) is 11.7 Å². The summed E-state index contributed by atoms with van der Waals surface area (Å²) in [7, 11) is 1.14. The zero-order chi connectivity index (χ0) is 11.3. The van der Waals surface area contributed by atoms with Crippen molar-refractivity contribution in [1.82, 2.24) is 15.5 Å². The van der Waals surface area contributed by atoms with Crippen molar-refractivity contribution in [3.63, 3.8) is 0 Å². The van der Waals surface area contributed by atoms with Crippen LogP contribution in [-0.2, 0) is 20.7 Å². The van der Waals surface area contributed by atoms with Gasteiger partial charge in [0.25, 0.3) is 0 Å². The number of methoxy groups -OCH3 is 1. The molecule has 0 aliphatic carbocycles. The zero-order valence-electron chi connectivity index (χ0n) is 8.44. The first kappa shape index (κ1) is 11.2. The fraction of sp³-hybridized carbons (Fsp3) is 0.500. The summed E-state index contributed by atoms with van der Waals surface area (Å²) in [4.78, 5) is 25.5. The third kappa shape index (κ3) is 3.37. The first-order valence-corrected chi connectivity index (χ1v) is 4.29. The van der Waals surface area contributed by atoms with Crippen LogP contribution in [0.4, 0.5) is 0 Å². The lowest BCUT2D eigenvalue weighted by molar-refractivity contribution is -0.152. The number of nitrogens with one attached hydrogen (secondary N) is 1. The van der Waals surface area contributed by atoms with E-state index in [-0.39, 0.29) is 6.54 Å². The maximum atomic E-state index is 10.9. The van der Waals surface area contributed by atoms with E-state index >= 15 is 0 Å². The minimum Gasteiger partial charge on any atom is -0.462 e. The number of rotatable bonds is 3. The minimum absolute atomic E-state index is 0.257. The molecule has 7 heteroatoms. The Morgan fingerprint density at radius 1 is 1.53 bits per heavy atom. The highest BCUT2D eigenvalue weighted by Gasteiger charge is 2.12. The van der Waals surface area contributed by atoms with Crippen LogP contribution in [0.15, 0.2) is 4.52 Å². The van der Waals surface area contributed by atoms with Crippen LogP contribution < -0.4 is 5.32 Å². The van der Waals surface area contributed by atoms with Gasteiger partial charge in [0, 0.05) is 19.9 Å². The standard InChI is InChI=1S/C8H11N3O4/c1-5-10-6(11-15-5)3-4-9-7(12)8(13)14-2/h3-4H2,1-2H3,(H,9,12). The first-order chi connectivity index (χ1) is 7.13. The summed E-state index contributed by atoms with van der Waals surface area (Å²) in [5.74, 6) is -0.751. The second-order valence-corrected chi connectivity index (χ2v) is 2.73. The van der Waals surface area contributed by atoms with Gasteiger partial charge in [0.1, 0.15) is 0 Å². The number of hydrogen-bond donors (Lipinski definition) is 1. The maximum absolute atomic E-state index is 10.9. The summed E-state index contributed by atoms with van der Waals surface area (Å²) < 4.78 is 8.94. The Balaban J connectivity index is 2.27. The minimum atomic E-state index is -0.917. The number of aryl methyl sites for hydroxylation is 1. The Morgan fingerprint density at radius 2 is 2.27 bits per heavy atom. The van der Waals surface area contributed by atoms with E-state index in [9.17, 15) is 9.59 Å². The van der Waals surface area contributed by atoms with E-state index < -0.39 is 11.9 Å². The molecule has 0 fully saturated rings. The van der Waals surface area contributed by atoms with Crippen LogP contribution in [0, 0.1) is 6.92 Å². The second kappa shape index (κ2) is 5.08. The van der Waals surface area contributed by atoms with E-state index in [1.165, 1.54) is 0 Å². The summed E-state index contributed by atoms with van der Waals surface area (Å²) in [6.07, 6.45) is 0.403. The lowest BCUT2D eigenvalue weighted by Gasteiger charge is -2.00. The summed E-state index contributed by atoms with van der Waals surface area (Å²) in [6, 6.07) is 0. The van der Waals surface area contributed by atoms with Gasteiger partial charge in [0.2, 0.25) is 5.89 Å². The number of carbonyl (C=O) groups is 2. The second-order valence-electron chi connectivity index (χ2n) is 2.73. The summed E-state index contributed by atoms with van der Waals surface area (Å²) in [6.45, 7) is 1.93. The third-order valence-corrected chi connectivity index (χ3v) is 1.57. The van der Waals surface area contributed by atoms with Gasteiger partial charge in [0.05, 0.1) is 7.11 Å². The van der Waals surface area contributed by atoms with Crippen LogP contribution in [0.3, 0.4) is 0 Å². The Labute approximate surface area is 85.8 Å². The van der Waals surface area contributed by atoms with E-state index in [4.69, 9.17) is 4.52 Å². The largest absolute Gasteiger partial charge is 0.462 e. The maximum Gasteiger partial charge on any atom is 0.396 e. The van der Waals surface area contributed by atoms with E-state index in [1.54, 1.807) is 6.92 Å². The zero-order valence-corrected chi connectivity index (χ0v) is 8.44. The van der Waals surface area contributed by atoms with E-state index in [0.29, 0.717) is 18.1 Å². The molecule has 0 saturated carbocycles. The average Bonchev–Trinajstić information content (AvgIpc) is 2.63. The van der Waals surface area contributed by atoms with Crippen molar-refractivity contribution < 1.29 is 18.8 Å². The normalized spacial score (nSPS) is 9.73. The molecule has 1 N–H and O–H groups in total. The Morgan fingerprint density at radius 3 is 2.80 bits per heavy atom. The molecule has 0 saturated heterocycles. The smallest absolute Gasteiger partial charge is 0.396 e. The van der Waals surface area contributed by atoms with E-state index in [2.05, 4.69) is 20.2 Å². The van der Waals surface area contributed by atoms with Crippen molar-refractivity contribution >= 4 is 11.9 Å². The Hall–Kier alpha value is -1.92. The molecule has 1 amide bonds. The van der Waals surface area contributed by atoms with Crippen molar-refractivity contribution in [2.24, 2.45) is 0 Å². The highest BCUT2D eigenvalue weighted by atomic mass is 16.5. The predicted molar refractivity (Wildman–Crippen MR) is 47.8 cm³/mol. The SMILES string of the molecule is COC(=O)C(=O)NCCc1noc(C)n1. The van der Waals surface area contributed by atoms with Crippen molar-refractivity contribution in [1.29, 1.82) is 0 Å². The van der Waals surface area contributed by atoms with Gasteiger partial charge in [0.15, 0.2) is 5.82 Å². The number of carbonyl (C=O) groups excluding carboxylic acids is 2. The molecule has 7 nitrogen and oxygen atoms in total. The molecule has 0 aliphatic rings. The van der Waals surface area contributed by atoms with Gasteiger partial charge in [-0.05, 0) is 0 Å². The molecule has 1 aromatic heterocycles. The molecule has 0 spiro atoms. The van der Waals surface area contributed by atoms with Gasteiger partial charge in [-0.15, -0.1) is 0 Å². The van der Waals surface area contributed by atoms with E-state index in [0.717, 1.165) is 7.11 Å². The number of amides is 1. The lowest BCUT2D eigenvalue weighted by atomic mass is 10.4. The summed E-state index contributed by atoms with van der Waals surface area (Å²) in [5.41, 5.74) is 0. The molecule has 0 radical (unpaired) electrons. The molecule has 1 heterocycles. The van der Waals surface area contributed by atoms with Crippen LogP contribution >= 0.6 is 0 Å². The van der Waals surface area contributed by atoms with E-state index in [1.807, 2.05) is 0 Å². The molecular formula is C8H11N3O4.